The maximum Gasteiger partial charge on any atom is 0.267 e. The molecule has 0 saturated heterocycles. The molecule has 1 aromatic heterocycles. The minimum atomic E-state index is -0.528. The van der Waals surface area contributed by atoms with Crippen LogP contribution in [0.2, 0.25) is 0 Å². The Bertz CT molecular complexity index is 1050. The van der Waals surface area contributed by atoms with E-state index in [0.717, 1.165) is 37.2 Å². The summed E-state index contributed by atoms with van der Waals surface area (Å²) in [6, 6.07) is 14.9. The number of fused-ring (bicyclic) bond motifs is 2. The highest BCUT2D eigenvalue weighted by Gasteiger charge is 2.21. The van der Waals surface area contributed by atoms with Crippen LogP contribution >= 0.6 is 0 Å². The molecule has 3 aromatic rings. The van der Waals surface area contributed by atoms with Crippen LogP contribution in [0.1, 0.15) is 29.2 Å². The highest BCUT2D eigenvalue weighted by atomic mass is 16.5. The molecule has 1 amide bonds. The molecule has 6 heteroatoms. The van der Waals surface area contributed by atoms with E-state index < -0.39 is 5.91 Å². The lowest BCUT2D eigenvalue weighted by Crippen LogP contribution is -2.23. The molecule has 1 atom stereocenters. The number of carbonyl (C=O) groups is 1. The molecule has 0 radical (unpaired) electrons. The zero-order valence-corrected chi connectivity index (χ0v) is 16.4. The van der Waals surface area contributed by atoms with Gasteiger partial charge in [0.05, 0.1) is 12.6 Å². The fourth-order valence-corrected chi connectivity index (χ4v) is 4.01. The second kappa shape index (κ2) is 8.51. The summed E-state index contributed by atoms with van der Waals surface area (Å²) in [5, 5.41) is 13.5. The third kappa shape index (κ3) is 4.18. The van der Waals surface area contributed by atoms with Crippen LogP contribution in [0.25, 0.3) is 17.0 Å². The first-order valence-corrected chi connectivity index (χ1v) is 9.79. The number of rotatable bonds is 7. The third-order valence-corrected chi connectivity index (χ3v) is 5.51. The predicted molar refractivity (Wildman–Crippen MR) is 113 cm³/mol. The van der Waals surface area contributed by atoms with Crippen LogP contribution in [-0.2, 0) is 17.8 Å². The summed E-state index contributed by atoms with van der Waals surface area (Å²) in [5.74, 6) is 0.344. The molecule has 3 N–H and O–H groups in total. The molecule has 1 heterocycles. The molecule has 0 spiro atoms. The lowest BCUT2D eigenvalue weighted by atomic mass is 10.0. The molecule has 0 aliphatic heterocycles. The van der Waals surface area contributed by atoms with Crippen molar-refractivity contribution in [3.63, 3.8) is 0 Å². The number of nitrogens with one attached hydrogen (secondary N) is 2. The average molecular weight is 391 g/mol. The number of hydrogen-bond acceptors (Lipinski definition) is 4. The second-order valence-electron chi connectivity index (χ2n) is 7.25. The topological polar surface area (TPSA) is 75.5 Å². The number of nitrogens with zero attached hydrogens (tertiary/aromatic N) is 1. The molecule has 0 saturated carbocycles. The Balaban J connectivity index is 1.39. The first-order chi connectivity index (χ1) is 14.2. The molecule has 0 fully saturated rings. The van der Waals surface area contributed by atoms with E-state index in [2.05, 4.69) is 46.4 Å². The Labute approximate surface area is 169 Å². The SMILES string of the molecule is COc1ccc2ccn(CCNC3CCc4cc(/C=C/C(=O)NO)ccc43)c2c1. The predicted octanol–water partition coefficient (Wildman–Crippen LogP) is 3.45. The van der Waals surface area contributed by atoms with E-state index in [0.29, 0.717) is 6.04 Å². The summed E-state index contributed by atoms with van der Waals surface area (Å²) in [6.45, 7) is 1.77. The second-order valence-corrected chi connectivity index (χ2v) is 7.25. The Morgan fingerprint density at radius 3 is 3.00 bits per heavy atom. The fourth-order valence-electron chi connectivity index (χ4n) is 4.01. The highest BCUT2D eigenvalue weighted by molar-refractivity contribution is 5.90. The van der Waals surface area contributed by atoms with Crippen LogP contribution < -0.4 is 15.5 Å². The number of hydroxylamine groups is 1. The summed E-state index contributed by atoms with van der Waals surface area (Å²) in [7, 11) is 1.69. The molecule has 2 aromatic carbocycles. The average Bonchev–Trinajstić information content (AvgIpc) is 3.35. The first kappa shape index (κ1) is 19.2. The van der Waals surface area contributed by atoms with Crippen molar-refractivity contribution in [3.8, 4) is 5.75 Å². The lowest BCUT2D eigenvalue weighted by Gasteiger charge is -2.15. The summed E-state index contributed by atoms with van der Waals surface area (Å²) in [5.41, 5.74) is 6.38. The maximum absolute atomic E-state index is 11.1. The van der Waals surface area contributed by atoms with Crippen LogP contribution in [0.3, 0.4) is 0 Å². The standard InChI is InChI=1S/C23H25N3O3/c1-29-19-6-4-17-10-12-26(22(17)15-19)13-11-24-21-8-5-18-14-16(2-7-20(18)21)3-9-23(27)25-28/h2-4,6-7,9-10,12,14-15,21,24,28H,5,8,11,13H2,1H3,(H,25,27)/b9-3+. The molecule has 29 heavy (non-hydrogen) atoms. The number of aromatic nitrogens is 1. The Morgan fingerprint density at radius 2 is 2.17 bits per heavy atom. The summed E-state index contributed by atoms with van der Waals surface area (Å²) >= 11 is 0. The van der Waals surface area contributed by atoms with E-state index in [9.17, 15) is 4.79 Å². The molecular weight excluding hydrogens is 366 g/mol. The highest BCUT2D eigenvalue weighted by Crippen LogP contribution is 2.32. The molecule has 4 rings (SSSR count). The largest absolute Gasteiger partial charge is 0.497 e. The van der Waals surface area contributed by atoms with Gasteiger partial charge in [0.15, 0.2) is 0 Å². The summed E-state index contributed by atoms with van der Waals surface area (Å²) in [6.07, 6.45) is 7.24. The fraction of sp³-hybridized carbons (Fsp3) is 0.261. The molecule has 6 nitrogen and oxygen atoms in total. The number of carbonyl (C=O) groups excluding carboxylic acids is 1. The van der Waals surface area contributed by atoms with E-state index in [1.54, 1.807) is 18.7 Å². The third-order valence-electron chi connectivity index (χ3n) is 5.51. The van der Waals surface area contributed by atoms with Gasteiger partial charge in [0, 0.05) is 37.5 Å². The van der Waals surface area contributed by atoms with Crippen molar-refractivity contribution in [3.05, 3.63) is 71.4 Å². The lowest BCUT2D eigenvalue weighted by molar-refractivity contribution is -0.124. The number of ether oxygens (including phenoxy) is 1. The monoisotopic (exact) mass is 391 g/mol. The van der Waals surface area contributed by atoms with Gasteiger partial charge in [-0.25, -0.2) is 5.48 Å². The molecule has 0 bridgehead atoms. The van der Waals surface area contributed by atoms with Crippen molar-refractivity contribution >= 4 is 22.9 Å². The van der Waals surface area contributed by atoms with Crippen LogP contribution in [-0.4, -0.2) is 29.3 Å². The van der Waals surface area contributed by atoms with Crippen molar-refractivity contribution < 1.29 is 14.7 Å². The molecule has 1 aliphatic rings. The van der Waals surface area contributed by atoms with E-state index in [4.69, 9.17) is 9.94 Å². The van der Waals surface area contributed by atoms with Crippen LogP contribution in [0.5, 0.6) is 5.75 Å². The Morgan fingerprint density at radius 1 is 1.28 bits per heavy atom. The van der Waals surface area contributed by atoms with Gasteiger partial charge in [0.2, 0.25) is 0 Å². The van der Waals surface area contributed by atoms with Crippen molar-refractivity contribution in [2.45, 2.75) is 25.4 Å². The van der Waals surface area contributed by atoms with Crippen molar-refractivity contribution in [2.24, 2.45) is 0 Å². The van der Waals surface area contributed by atoms with E-state index in [1.165, 1.54) is 28.1 Å². The minimum absolute atomic E-state index is 0.347. The quantitative estimate of drug-likeness (QED) is 0.328. The van der Waals surface area contributed by atoms with Gasteiger partial charge in [0.25, 0.3) is 5.91 Å². The van der Waals surface area contributed by atoms with Crippen molar-refractivity contribution in [1.82, 2.24) is 15.4 Å². The van der Waals surface area contributed by atoms with Crippen molar-refractivity contribution in [2.75, 3.05) is 13.7 Å². The molecule has 1 unspecified atom stereocenters. The number of amides is 1. The van der Waals surface area contributed by atoms with E-state index in [1.807, 2.05) is 12.1 Å². The molecule has 150 valence electrons. The van der Waals surface area contributed by atoms with Gasteiger partial charge in [-0.3, -0.25) is 10.0 Å². The molecule has 1 aliphatic carbocycles. The van der Waals surface area contributed by atoms with Crippen molar-refractivity contribution in [1.29, 1.82) is 0 Å². The Hall–Kier alpha value is -3.09. The smallest absolute Gasteiger partial charge is 0.267 e. The van der Waals surface area contributed by atoms with E-state index >= 15 is 0 Å². The van der Waals surface area contributed by atoms with Gasteiger partial charge in [0.1, 0.15) is 5.75 Å². The van der Waals surface area contributed by atoms with Gasteiger partial charge in [-0.2, -0.15) is 0 Å². The van der Waals surface area contributed by atoms with Gasteiger partial charge in [-0.1, -0.05) is 18.2 Å². The van der Waals surface area contributed by atoms with Gasteiger partial charge in [-0.15, -0.1) is 0 Å². The van der Waals surface area contributed by atoms with Crippen LogP contribution in [0.4, 0.5) is 0 Å². The minimum Gasteiger partial charge on any atom is -0.497 e. The van der Waals surface area contributed by atoms with Gasteiger partial charge < -0.3 is 14.6 Å². The number of aryl methyl sites for hydroxylation is 1. The van der Waals surface area contributed by atoms with E-state index in [-0.39, 0.29) is 0 Å². The summed E-state index contributed by atoms with van der Waals surface area (Å²) < 4.78 is 7.60. The van der Waals surface area contributed by atoms with Crippen LogP contribution in [0, 0.1) is 0 Å². The summed E-state index contributed by atoms with van der Waals surface area (Å²) in [4.78, 5) is 11.1. The zero-order valence-electron chi connectivity index (χ0n) is 16.4. The van der Waals surface area contributed by atoms with Gasteiger partial charge >= 0.3 is 0 Å². The molecular formula is C23H25N3O3. The first-order valence-electron chi connectivity index (χ1n) is 9.79. The number of benzene rings is 2. The number of methoxy groups -OCH3 is 1. The Kier molecular flexibility index (Phi) is 5.64. The van der Waals surface area contributed by atoms with Gasteiger partial charge in [-0.05, 0) is 59.2 Å². The number of hydrogen-bond donors (Lipinski definition) is 3. The van der Waals surface area contributed by atoms with Crippen LogP contribution in [0.15, 0.2) is 54.7 Å². The normalized spacial score (nSPS) is 15.7. The maximum atomic E-state index is 11.1. The zero-order chi connectivity index (χ0) is 20.2.